The second-order valence-electron chi connectivity index (χ2n) is 14.1. The molecule has 0 unspecified atom stereocenters. The quantitative estimate of drug-likeness (QED) is 0.204. The molecule has 1 nitrogen and oxygen atoms in total. The van der Waals surface area contributed by atoms with Crippen LogP contribution in [0.2, 0.25) is 0 Å². The van der Waals surface area contributed by atoms with Crippen LogP contribution in [0.15, 0.2) is 118 Å². The molecule has 0 aromatic heterocycles. The third-order valence-electron chi connectivity index (χ3n) is 9.23. The molecule has 1 saturated carbocycles. The van der Waals surface area contributed by atoms with Crippen molar-refractivity contribution in [3.8, 4) is 0 Å². The fourth-order valence-corrected chi connectivity index (χ4v) is 6.67. The summed E-state index contributed by atoms with van der Waals surface area (Å²) in [4.78, 5) is 0. The van der Waals surface area contributed by atoms with E-state index in [4.69, 9.17) is 4.74 Å². The van der Waals surface area contributed by atoms with Crippen LogP contribution in [0, 0.1) is 10.8 Å². The summed E-state index contributed by atoms with van der Waals surface area (Å²) >= 11 is 0. The minimum Gasteiger partial charge on any atom is -0.359 e. The van der Waals surface area contributed by atoms with Gasteiger partial charge in [-0.05, 0) is 114 Å². The van der Waals surface area contributed by atoms with Crippen molar-refractivity contribution in [3.05, 3.63) is 118 Å². The fraction of sp³-hybridized carbons (Fsp3) is 0.500. The highest BCUT2D eigenvalue weighted by atomic mass is 16.5. The van der Waals surface area contributed by atoms with E-state index in [0.29, 0.717) is 0 Å². The molecule has 2 aliphatic carbocycles. The molecule has 0 aromatic carbocycles. The maximum Gasteiger partial charge on any atom is 0.0982 e. The maximum absolute atomic E-state index is 6.56. The summed E-state index contributed by atoms with van der Waals surface area (Å²) in [5.41, 5.74) is 9.97. The third kappa shape index (κ3) is 9.17. The number of hydrogen-bond donors (Lipinski definition) is 0. The van der Waals surface area contributed by atoms with Crippen molar-refractivity contribution >= 4 is 0 Å². The third-order valence-corrected chi connectivity index (χ3v) is 9.23. The number of ether oxygens (including phenoxy) is 1. The molecule has 3 aliphatic rings. The van der Waals surface area contributed by atoms with Gasteiger partial charge in [-0.15, -0.1) is 0 Å². The Morgan fingerprint density at radius 1 is 0.707 bits per heavy atom. The van der Waals surface area contributed by atoms with Crippen molar-refractivity contribution in [1.29, 1.82) is 0 Å². The van der Waals surface area contributed by atoms with Gasteiger partial charge in [0.2, 0.25) is 0 Å². The highest BCUT2D eigenvalue weighted by Crippen LogP contribution is 2.51. The zero-order valence-electron chi connectivity index (χ0n) is 27.7. The molecular weight excluding hydrogens is 496 g/mol. The monoisotopic (exact) mass is 552 g/mol. The van der Waals surface area contributed by atoms with Crippen LogP contribution in [0.1, 0.15) is 108 Å². The zero-order chi connectivity index (χ0) is 30.3. The van der Waals surface area contributed by atoms with E-state index in [1.807, 2.05) is 0 Å². The summed E-state index contributed by atoms with van der Waals surface area (Å²) in [6.45, 7) is 22.7. The van der Waals surface area contributed by atoms with Gasteiger partial charge in [-0.3, -0.25) is 0 Å². The molecule has 0 spiro atoms. The van der Waals surface area contributed by atoms with Crippen LogP contribution >= 0.6 is 0 Å². The lowest BCUT2D eigenvalue weighted by Gasteiger charge is -2.42. The summed E-state index contributed by atoms with van der Waals surface area (Å²) in [7, 11) is 0. The predicted octanol–water partition coefficient (Wildman–Crippen LogP) is 11.8. The summed E-state index contributed by atoms with van der Waals surface area (Å²) in [6, 6.07) is 0. The fourth-order valence-electron chi connectivity index (χ4n) is 6.67. The Kier molecular flexibility index (Phi) is 11.2. The molecule has 1 fully saturated rings. The molecule has 0 radical (unpaired) electrons. The number of rotatable bonds is 9. The maximum atomic E-state index is 6.56. The molecule has 0 bridgehead atoms. The first kappa shape index (κ1) is 32.9. The van der Waals surface area contributed by atoms with Crippen molar-refractivity contribution in [2.24, 2.45) is 10.8 Å². The van der Waals surface area contributed by atoms with Gasteiger partial charge in [0, 0.05) is 0 Å². The van der Waals surface area contributed by atoms with Crippen molar-refractivity contribution in [1.82, 2.24) is 0 Å². The highest BCUT2D eigenvalue weighted by Gasteiger charge is 2.47. The molecule has 1 heteroatoms. The molecule has 0 saturated heterocycles. The molecule has 2 atom stereocenters. The van der Waals surface area contributed by atoms with Crippen molar-refractivity contribution in [2.45, 2.75) is 119 Å². The van der Waals surface area contributed by atoms with Gasteiger partial charge in [0.05, 0.1) is 11.7 Å². The van der Waals surface area contributed by atoms with Gasteiger partial charge in [0.25, 0.3) is 0 Å². The summed E-state index contributed by atoms with van der Waals surface area (Å²) in [5, 5.41) is 0. The lowest BCUT2D eigenvalue weighted by molar-refractivity contribution is -0.0307. The molecule has 222 valence electrons. The average Bonchev–Trinajstić information content (AvgIpc) is 3.25. The molecule has 0 amide bonds. The lowest BCUT2D eigenvalue weighted by atomic mass is 9.67. The second kappa shape index (κ2) is 14.0. The van der Waals surface area contributed by atoms with Crippen LogP contribution < -0.4 is 0 Å². The van der Waals surface area contributed by atoms with Crippen LogP contribution in [0.4, 0.5) is 0 Å². The molecule has 0 N–H and O–H groups in total. The second-order valence-corrected chi connectivity index (χ2v) is 14.1. The van der Waals surface area contributed by atoms with E-state index in [-0.39, 0.29) is 22.5 Å². The SMILES string of the molecule is CC1=C(/C=C/C(C)=C/C=C/C(C)=C/C=C/C=C(C)/C=C/C=C(\C)[C@H]2C=C3C(C)(C)CCC[C@@]3(C)O2)C(C)(C)CCC1. The van der Waals surface area contributed by atoms with Crippen LogP contribution in [0.3, 0.4) is 0 Å². The molecule has 1 aliphatic heterocycles. The first-order valence-electron chi connectivity index (χ1n) is 15.7. The van der Waals surface area contributed by atoms with Crippen LogP contribution in [0.25, 0.3) is 0 Å². The summed E-state index contributed by atoms with van der Waals surface area (Å²) < 4.78 is 6.56. The van der Waals surface area contributed by atoms with Crippen molar-refractivity contribution < 1.29 is 4.74 Å². The Labute approximate surface area is 252 Å². The van der Waals surface area contributed by atoms with Gasteiger partial charge >= 0.3 is 0 Å². The Hall–Kier alpha value is -2.64. The van der Waals surface area contributed by atoms with E-state index < -0.39 is 0 Å². The standard InChI is InChI=1S/C40H56O/c1-30(19-13-20-32(3)24-25-35-33(4)23-15-26-38(35,6)7)17-11-12-18-31(2)21-14-22-34(5)36-29-37-39(8,9)27-16-28-40(37,10)41-36/h11-14,17-22,24-25,29,36H,15-16,23,26-28H2,1-10H3/b12-11+,19-13+,21-14+,25-24+,30-17+,31-18+,32-20+,34-22+/t36-,40-/m1/s1. The number of hydrogen-bond acceptors (Lipinski definition) is 1. The average molecular weight is 553 g/mol. The van der Waals surface area contributed by atoms with E-state index in [1.165, 1.54) is 65.5 Å². The van der Waals surface area contributed by atoms with Crippen LogP contribution in [0.5, 0.6) is 0 Å². The van der Waals surface area contributed by atoms with Crippen molar-refractivity contribution in [3.63, 3.8) is 0 Å². The highest BCUT2D eigenvalue weighted by molar-refractivity contribution is 5.38. The number of fused-ring (bicyclic) bond motifs is 1. The summed E-state index contributed by atoms with van der Waals surface area (Å²) in [6.07, 6.45) is 36.0. The van der Waals surface area contributed by atoms with E-state index in [2.05, 4.69) is 148 Å². The van der Waals surface area contributed by atoms with Crippen LogP contribution in [-0.4, -0.2) is 11.7 Å². The predicted molar refractivity (Wildman–Crippen MR) is 181 cm³/mol. The van der Waals surface area contributed by atoms with Crippen LogP contribution in [-0.2, 0) is 4.74 Å². The lowest BCUT2D eigenvalue weighted by Crippen LogP contribution is -2.39. The van der Waals surface area contributed by atoms with Gasteiger partial charge in [-0.1, -0.05) is 123 Å². The van der Waals surface area contributed by atoms with Gasteiger partial charge in [0.15, 0.2) is 0 Å². The minimum absolute atomic E-state index is 0.0858. The van der Waals surface area contributed by atoms with Gasteiger partial charge < -0.3 is 4.74 Å². The largest absolute Gasteiger partial charge is 0.359 e. The normalized spacial score (nSPS) is 28.0. The van der Waals surface area contributed by atoms with Gasteiger partial charge in [-0.25, -0.2) is 0 Å². The Balaban J connectivity index is 1.51. The Morgan fingerprint density at radius 3 is 1.88 bits per heavy atom. The topological polar surface area (TPSA) is 9.23 Å². The van der Waals surface area contributed by atoms with Gasteiger partial charge in [-0.2, -0.15) is 0 Å². The zero-order valence-corrected chi connectivity index (χ0v) is 27.7. The first-order chi connectivity index (χ1) is 19.2. The Morgan fingerprint density at radius 2 is 1.27 bits per heavy atom. The summed E-state index contributed by atoms with van der Waals surface area (Å²) in [5.74, 6) is 0. The molecular formula is C40H56O. The molecule has 1 heterocycles. The molecule has 3 rings (SSSR count). The van der Waals surface area contributed by atoms with E-state index in [1.54, 1.807) is 5.57 Å². The van der Waals surface area contributed by atoms with Gasteiger partial charge in [0.1, 0.15) is 0 Å². The molecule has 41 heavy (non-hydrogen) atoms. The molecule has 0 aromatic rings. The smallest absolute Gasteiger partial charge is 0.0982 e. The van der Waals surface area contributed by atoms with E-state index >= 15 is 0 Å². The van der Waals surface area contributed by atoms with Crippen molar-refractivity contribution in [2.75, 3.05) is 0 Å². The van der Waals surface area contributed by atoms with E-state index in [9.17, 15) is 0 Å². The Bertz CT molecular complexity index is 1260. The first-order valence-corrected chi connectivity index (χ1v) is 15.7. The van der Waals surface area contributed by atoms with E-state index in [0.717, 1.165) is 6.42 Å². The minimum atomic E-state index is -0.0952. The number of allylic oxidation sites excluding steroid dienone is 17.